The first-order valence-corrected chi connectivity index (χ1v) is 7.09. The van der Waals surface area contributed by atoms with Crippen molar-refractivity contribution < 1.29 is 4.74 Å². The quantitative estimate of drug-likeness (QED) is 0.875. The second-order valence-corrected chi connectivity index (χ2v) is 5.23. The van der Waals surface area contributed by atoms with Gasteiger partial charge in [0, 0.05) is 19.9 Å². The minimum atomic E-state index is 0.273. The van der Waals surface area contributed by atoms with Crippen LogP contribution in [0, 0.1) is 0 Å². The van der Waals surface area contributed by atoms with Gasteiger partial charge in [-0.15, -0.1) is 0 Å². The molecule has 0 spiro atoms. The predicted molar refractivity (Wildman–Crippen MR) is 76.0 cm³/mol. The lowest BCUT2D eigenvalue weighted by atomic mass is 10.2. The van der Waals surface area contributed by atoms with Crippen LogP contribution in [0.5, 0.6) is 0 Å². The Morgan fingerprint density at radius 1 is 1.50 bits per heavy atom. The molecule has 1 aliphatic carbocycles. The van der Waals surface area contributed by atoms with Crippen LogP contribution in [0.3, 0.4) is 0 Å². The van der Waals surface area contributed by atoms with Crippen LogP contribution in [0.4, 0.5) is 11.8 Å². The molecule has 5 nitrogen and oxygen atoms in total. The van der Waals surface area contributed by atoms with E-state index in [4.69, 9.17) is 4.74 Å². The number of halogens is 1. The van der Waals surface area contributed by atoms with Gasteiger partial charge in [0.25, 0.3) is 0 Å². The van der Waals surface area contributed by atoms with Crippen LogP contribution in [0.1, 0.15) is 26.2 Å². The van der Waals surface area contributed by atoms with Crippen LogP contribution in [0.15, 0.2) is 10.7 Å². The molecule has 18 heavy (non-hydrogen) atoms. The zero-order valence-electron chi connectivity index (χ0n) is 10.7. The Morgan fingerprint density at radius 3 is 3.06 bits per heavy atom. The molecule has 2 N–H and O–H groups in total. The highest BCUT2D eigenvalue weighted by Gasteiger charge is 2.27. The zero-order valence-corrected chi connectivity index (χ0v) is 12.3. The molecule has 0 bridgehead atoms. The molecule has 1 aliphatic rings. The van der Waals surface area contributed by atoms with Crippen molar-refractivity contribution in [3.8, 4) is 0 Å². The van der Waals surface area contributed by atoms with E-state index in [1.165, 1.54) is 6.42 Å². The fourth-order valence-corrected chi connectivity index (χ4v) is 2.57. The van der Waals surface area contributed by atoms with E-state index in [2.05, 4.69) is 36.5 Å². The summed E-state index contributed by atoms with van der Waals surface area (Å²) in [5.41, 5.74) is 0. The van der Waals surface area contributed by atoms with E-state index in [1.807, 2.05) is 6.92 Å². The minimum Gasteiger partial charge on any atom is -0.379 e. The molecule has 2 unspecified atom stereocenters. The fraction of sp³-hybridized carbons (Fsp3) is 0.667. The molecule has 0 radical (unpaired) electrons. The lowest BCUT2D eigenvalue weighted by Crippen LogP contribution is -2.30. The van der Waals surface area contributed by atoms with Crippen molar-refractivity contribution >= 4 is 27.7 Å². The number of hydrogen-bond acceptors (Lipinski definition) is 5. The maximum Gasteiger partial charge on any atom is 0.224 e. The molecule has 1 fully saturated rings. The van der Waals surface area contributed by atoms with Gasteiger partial charge in [-0.05, 0) is 42.1 Å². The van der Waals surface area contributed by atoms with Crippen LogP contribution >= 0.6 is 15.9 Å². The van der Waals surface area contributed by atoms with Crippen molar-refractivity contribution in [2.75, 3.05) is 24.3 Å². The first-order chi connectivity index (χ1) is 8.74. The zero-order chi connectivity index (χ0) is 13.0. The fourth-order valence-electron chi connectivity index (χ4n) is 2.26. The average molecular weight is 315 g/mol. The van der Waals surface area contributed by atoms with Gasteiger partial charge in [-0.1, -0.05) is 0 Å². The maximum atomic E-state index is 5.48. The van der Waals surface area contributed by atoms with Crippen LogP contribution in [-0.4, -0.2) is 35.8 Å². The molecule has 1 heterocycles. The maximum absolute atomic E-state index is 5.48. The Balaban J connectivity index is 2.09. The summed E-state index contributed by atoms with van der Waals surface area (Å²) in [6.45, 7) is 2.83. The summed E-state index contributed by atoms with van der Waals surface area (Å²) < 4.78 is 6.36. The van der Waals surface area contributed by atoms with Gasteiger partial charge < -0.3 is 15.4 Å². The first-order valence-electron chi connectivity index (χ1n) is 6.30. The number of aromatic nitrogens is 2. The molecule has 0 saturated heterocycles. The Labute approximate surface area is 116 Å². The van der Waals surface area contributed by atoms with Crippen molar-refractivity contribution in [1.29, 1.82) is 0 Å². The topological polar surface area (TPSA) is 59.1 Å². The van der Waals surface area contributed by atoms with Gasteiger partial charge in [-0.3, -0.25) is 0 Å². The molecule has 0 aromatic carbocycles. The summed E-state index contributed by atoms with van der Waals surface area (Å²) in [7, 11) is 1.77. The van der Waals surface area contributed by atoms with E-state index in [0.29, 0.717) is 12.0 Å². The molecule has 0 amide bonds. The monoisotopic (exact) mass is 314 g/mol. The summed E-state index contributed by atoms with van der Waals surface area (Å²) in [6.07, 6.45) is 5.46. The minimum absolute atomic E-state index is 0.273. The van der Waals surface area contributed by atoms with Crippen LogP contribution in [0.2, 0.25) is 0 Å². The van der Waals surface area contributed by atoms with Gasteiger partial charge in [0.05, 0.1) is 16.6 Å². The molecule has 1 aromatic heterocycles. The van der Waals surface area contributed by atoms with E-state index < -0.39 is 0 Å². The number of anilines is 2. The normalized spacial score (nSPS) is 23.1. The highest BCUT2D eigenvalue weighted by molar-refractivity contribution is 9.10. The van der Waals surface area contributed by atoms with Crippen molar-refractivity contribution in [3.05, 3.63) is 10.7 Å². The van der Waals surface area contributed by atoms with Gasteiger partial charge in [0.2, 0.25) is 5.95 Å². The summed E-state index contributed by atoms with van der Waals surface area (Å²) in [6, 6.07) is 0.329. The Hall–Kier alpha value is -0.880. The number of nitrogens with zero attached hydrogens (tertiary/aromatic N) is 2. The van der Waals surface area contributed by atoms with Gasteiger partial charge >= 0.3 is 0 Å². The lowest BCUT2D eigenvalue weighted by Gasteiger charge is -2.21. The standard InChI is InChI=1S/C12H19BrN4O/c1-3-14-12-15-7-8(13)11(17-12)16-9-5-4-6-10(9)18-2/h7,9-10H,3-6H2,1-2H3,(H2,14,15,16,17). The number of hydrogen-bond donors (Lipinski definition) is 2. The van der Waals surface area contributed by atoms with E-state index >= 15 is 0 Å². The lowest BCUT2D eigenvalue weighted by molar-refractivity contribution is 0.101. The average Bonchev–Trinajstić information content (AvgIpc) is 2.81. The molecule has 100 valence electrons. The molecular formula is C12H19BrN4O. The number of ether oxygens (including phenoxy) is 1. The third kappa shape index (κ3) is 3.11. The Kier molecular flexibility index (Phi) is 4.77. The van der Waals surface area contributed by atoms with Gasteiger partial charge in [-0.25, -0.2) is 4.98 Å². The van der Waals surface area contributed by atoms with Crippen molar-refractivity contribution in [2.24, 2.45) is 0 Å². The Bertz CT molecular complexity index is 402. The van der Waals surface area contributed by atoms with Gasteiger partial charge in [0.15, 0.2) is 0 Å². The largest absolute Gasteiger partial charge is 0.379 e. The van der Waals surface area contributed by atoms with E-state index in [-0.39, 0.29) is 6.10 Å². The van der Waals surface area contributed by atoms with Crippen LogP contribution in [-0.2, 0) is 4.74 Å². The molecule has 2 rings (SSSR count). The van der Waals surface area contributed by atoms with Gasteiger partial charge in [-0.2, -0.15) is 4.98 Å². The van der Waals surface area contributed by atoms with E-state index in [0.717, 1.165) is 29.7 Å². The number of nitrogens with one attached hydrogen (secondary N) is 2. The molecule has 2 atom stereocenters. The molecular weight excluding hydrogens is 296 g/mol. The molecule has 6 heteroatoms. The van der Waals surface area contributed by atoms with Crippen molar-refractivity contribution in [3.63, 3.8) is 0 Å². The number of rotatable bonds is 5. The summed E-state index contributed by atoms with van der Waals surface area (Å²) in [5.74, 6) is 1.48. The SMILES string of the molecule is CCNc1ncc(Br)c(NC2CCCC2OC)n1. The van der Waals surface area contributed by atoms with Crippen LogP contribution in [0.25, 0.3) is 0 Å². The van der Waals surface area contributed by atoms with E-state index in [1.54, 1.807) is 13.3 Å². The number of methoxy groups -OCH3 is 1. The second kappa shape index (κ2) is 6.33. The van der Waals surface area contributed by atoms with Gasteiger partial charge in [0.1, 0.15) is 5.82 Å². The van der Waals surface area contributed by atoms with Crippen molar-refractivity contribution in [2.45, 2.75) is 38.3 Å². The second-order valence-electron chi connectivity index (χ2n) is 4.38. The Morgan fingerprint density at radius 2 is 2.33 bits per heavy atom. The predicted octanol–water partition coefficient (Wildman–Crippen LogP) is 2.65. The van der Waals surface area contributed by atoms with E-state index in [9.17, 15) is 0 Å². The molecule has 1 saturated carbocycles. The molecule has 1 aromatic rings. The summed E-state index contributed by atoms with van der Waals surface area (Å²) in [5, 5.41) is 6.56. The summed E-state index contributed by atoms with van der Waals surface area (Å²) in [4.78, 5) is 8.66. The summed E-state index contributed by atoms with van der Waals surface area (Å²) >= 11 is 3.47. The third-order valence-electron chi connectivity index (χ3n) is 3.16. The van der Waals surface area contributed by atoms with Crippen LogP contribution < -0.4 is 10.6 Å². The first kappa shape index (κ1) is 13.5. The van der Waals surface area contributed by atoms with Crippen molar-refractivity contribution in [1.82, 2.24) is 9.97 Å². The smallest absolute Gasteiger partial charge is 0.224 e. The highest BCUT2D eigenvalue weighted by Crippen LogP contribution is 2.27. The molecule has 0 aliphatic heterocycles. The highest BCUT2D eigenvalue weighted by atomic mass is 79.9. The third-order valence-corrected chi connectivity index (χ3v) is 3.74.